The lowest BCUT2D eigenvalue weighted by molar-refractivity contribution is -0.113. The standard InChI is InChI=1S/C31H31N3O3S2/c1-2-3-19-37-24-17-15-22(16-18-24)32-30(35)21-38-25-10-8-9-23(20-25)33-31(36)34-26-11-4-6-13-28(26)39-29-14-7-5-12-27(29)34/h4-18,20,26,28H,2-3,19,21H2,1H3,(H,32,35)(H,33,36). The number of thioether (sulfide) groups is 2. The van der Waals surface area contributed by atoms with Gasteiger partial charge in [0.2, 0.25) is 5.91 Å². The Morgan fingerprint density at radius 2 is 1.77 bits per heavy atom. The first-order valence-electron chi connectivity index (χ1n) is 13.1. The van der Waals surface area contributed by atoms with Gasteiger partial charge >= 0.3 is 6.03 Å². The van der Waals surface area contributed by atoms with Crippen LogP contribution in [0.1, 0.15) is 19.8 Å². The largest absolute Gasteiger partial charge is 0.494 e. The smallest absolute Gasteiger partial charge is 0.326 e. The van der Waals surface area contributed by atoms with Gasteiger partial charge in [-0.2, -0.15) is 0 Å². The number of hydrogen-bond acceptors (Lipinski definition) is 5. The summed E-state index contributed by atoms with van der Waals surface area (Å²) in [5.74, 6) is 0.955. The Morgan fingerprint density at radius 3 is 2.62 bits per heavy atom. The van der Waals surface area contributed by atoms with Crippen LogP contribution in [0.15, 0.2) is 107 Å². The molecule has 0 fully saturated rings. The number of hydrogen-bond donors (Lipinski definition) is 2. The molecule has 1 aliphatic heterocycles. The number of carbonyl (C=O) groups excluding carboxylic acids is 2. The van der Waals surface area contributed by atoms with E-state index in [-0.39, 0.29) is 29.0 Å². The summed E-state index contributed by atoms with van der Waals surface area (Å²) >= 11 is 3.20. The summed E-state index contributed by atoms with van der Waals surface area (Å²) in [7, 11) is 0. The van der Waals surface area contributed by atoms with Crippen molar-refractivity contribution in [1.29, 1.82) is 0 Å². The van der Waals surface area contributed by atoms with Crippen LogP contribution in [0.25, 0.3) is 0 Å². The molecular weight excluding hydrogens is 526 g/mol. The van der Waals surface area contributed by atoms with E-state index in [4.69, 9.17) is 4.74 Å². The predicted octanol–water partition coefficient (Wildman–Crippen LogP) is 7.60. The number of benzene rings is 3. The highest BCUT2D eigenvalue weighted by atomic mass is 32.2. The molecule has 1 heterocycles. The van der Waals surface area contributed by atoms with Crippen LogP contribution in [0.3, 0.4) is 0 Å². The molecule has 200 valence electrons. The van der Waals surface area contributed by atoms with Crippen molar-refractivity contribution in [3.63, 3.8) is 0 Å². The molecule has 2 unspecified atom stereocenters. The lowest BCUT2D eigenvalue weighted by Crippen LogP contribution is -2.49. The number of amides is 3. The second kappa shape index (κ2) is 13.0. The Labute approximate surface area is 237 Å². The third-order valence-electron chi connectivity index (χ3n) is 6.32. The molecular formula is C31H31N3O3S2. The highest BCUT2D eigenvalue weighted by molar-refractivity contribution is 8.00. The van der Waals surface area contributed by atoms with Gasteiger partial charge in [0.05, 0.1) is 29.3 Å². The Balaban J connectivity index is 1.18. The predicted molar refractivity (Wildman–Crippen MR) is 162 cm³/mol. The molecule has 8 heteroatoms. The number of anilines is 3. The fourth-order valence-corrected chi connectivity index (χ4v) is 6.40. The minimum absolute atomic E-state index is 0.0619. The maximum absolute atomic E-state index is 13.5. The van der Waals surface area contributed by atoms with E-state index in [0.717, 1.165) is 39.8 Å². The zero-order valence-corrected chi connectivity index (χ0v) is 23.3. The van der Waals surface area contributed by atoms with Gasteiger partial charge in [0.25, 0.3) is 0 Å². The van der Waals surface area contributed by atoms with Gasteiger partial charge in [-0.15, -0.1) is 23.5 Å². The molecule has 0 saturated heterocycles. The molecule has 39 heavy (non-hydrogen) atoms. The Kier molecular flexibility index (Phi) is 8.96. The van der Waals surface area contributed by atoms with Crippen LogP contribution in [0, 0.1) is 0 Å². The normalized spacial score (nSPS) is 17.2. The van der Waals surface area contributed by atoms with Crippen LogP contribution in [0.4, 0.5) is 21.9 Å². The summed E-state index contributed by atoms with van der Waals surface area (Å²) in [6, 6.07) is 22.8. The molecule has 3 aromatic rings. The van der Waals surface area contributed by atoms with Gasteiger partial charge in [-0.3, -0.25) is 9.69 Å². The van der Waals surface area contributed by atoms with Crippen molar-refractivity contribution in [2.45, 2.75) is 40.8 Å². The van der Waals surface area contributed by atoms with Gasteiger partial charge in [0.1, 0.15) is 5.75 Å². The van der Waals surface area contributed by atoms with Gasteiger partial charge in [0, 0.05) is 21.2 Å². The molecule has 0 spiro atoms. The Hall–Kier alpha value is -3.62. The number of rotatable bonds is 9. The first kappa shape index (κ1) is 27.0. The zero-order chi connectivity index (χ0) is 27.0. The van der Waals surface area contributed by atoms with Gasteiger partial charge in [-0.25, -0.2) is 4.79 Å². The first-order chi connectivity index (χ1) is 19.1. The van der Waals surface area contributed by atoms with Crippen molar-refractivity contribution in [1.82, 2.24) is 0 Å². The molecule has 2 atom stereocenters. The number of fused-ring (bicyclic) bond motifs is 2. The van der Waals surface area contributed by atoms with E-state index in [1.165, 1.54) is 11.8 Å². The second-order valence-electron chi connectivity index (χ2n) is 9.20. The van der Waals surface area contributed by atoms with Gasteiger partial charge in [-0.05, 0) is 61.0 Å². The molecule has 0 radical (unpaired) electrons. The van der Waals surface area contributed by atoms with Gasteiger partial charge in [0.15, 0.2) is 0 Å². The molecule has 2 aliphatic rings. The van der Waals surface area contributed by atoms with E-state index in [0.29, 0.717) is 12.3 Å². The highest BCUT2D eigenvalue weighted by Gasteiger charge is 2.36. The second-order valence-corrected chi connectivity index (χ2v) is 11.5. The topological polar surface area (TPSA) is 70.7 Å². The number of unbranched alkanes of at least 4 members (excludes halogenated alkanes) is 1. The summed E-state index contributed by atoms with van der Waals surface area (Å²) in [4.78, 5) is 29.9. The van der Waals surface area contributed by atoms with Crippen LogP contribution in [0.2, 0.25) is 0 Å². The quantitative estimate of drug-likeness (QED) is 0.209. The number of ether oxygens (including phenoxy) is 1. The van der Waals surface area contributed by atoms with Crippen LogP contribution in [-0.4, -0.2) is 35.6 Å². The first-order valence-corrected chi connectivity index (χ1v) is 14.9. The minimum atomic E-state index is -0.181. The summed E-state index contributed by atoms with van der Waals surface area (Å²) in [6.07, 6.45) is 10.3. The maximum atomic E-state index is 13.5. The van der Waals surface area contributed by atoms with Crippen molar-refractivity contribution in [3.8, 4) is 5.75 Å². The minimum Gasteiger partial charge on any atom is -0.494 e. The van der Waals surface area contributed by atoms with E-state index in [1.54, 1.807) is 11.8 Å². The Bertz CT molecular complexity index is 1370. The van der Waals surface area contributed by atoms with E-state index in [9.17, 15) is 9.59 Å². The van der Waals surface area contributed by atoms with Crippen molar-refractivity contribution in [2.75, 3.05) is 27.9 Å². The summed E-state index contributed by atoms with van der Waals surface area (Å²) in [5.41, 5.74) is 2.32. The number of urea groups is 1. The van der Waals surface area contributed by atoms with Gasteiger partial charge < -0.3 is 15.4 Å². The van der Waals surface area contributed by atoms with Crippen molar-refractivity contribution in [3.05, 3.63) is 97.1 Å². The SMILES string of the molecule is CCCCOc1ccc(NC(=O)CSc2cccc(NC(=O)N3c4ccccc4SC4C=CC=CC43)c2)cc1. The van der Waals surface area contributed by atoms with E-state index < -0.39 is 0 Å². The lowest BCUT2D eigenvalue weighted by Gasteiger charge is -2.40. The summed E-state index contributed by atoms with van der Waals surface area (Å²) in [6.45, 7) is 2.82. The third-order valence-corrected chi connectivity index (χ3v) is 8.62. The van der Waals surface area contributed by atoms with Crippen LogP contribution < -0.4 is 20.3 Å². The van der Waals surface area contributed by atoms with E-state index >= 15 is 0 Å². The molecule has 0 aromatic heterocycles. The molecule has 5 rings (SSSR count). The summed E-state index contributed by atoms with van der Waals surface area (Å²) < 4.78 is 5.68. The molecule has 0 bridgehead atoms. The average Bonchev–Trinajstić information content (AvgIpc) is 2.96. The van der Waals surface area contributed by atoms with Crippen LogP contribution in [-0.2, 0) is 4.79 Å². The van der Waals surface area contributed by atoms with Crippen LogP contribution >= 0.6 is 23.5 Å². The van der Waals surface area contributed by atoms with Crippen molar-refractivity contribution < 1.29 is 14.3 Å². The Morgan fingerprint density at radius 1 is 0.949 bits per heavy atom. The number of nitrogens with one attached hydrogen (secondary N) is 2. The number of nitrogens with zero attached hydrogens (tertiary/aromatic N) is 1. The zero-order valence-electron chi connectivity index (χ0n) is 21.7. The monoisotopic (exact) mass is 557 g/mol. The fourth-order valence-electron chi connectivity index (χ4n) is 4.39. The summed E-state index contributed by atoms with van der Waals surface area (Å²) in [5, 5.41) is 6.16. The highest BCUT2D eigenvalue weighted by Crippen LogP contribution is 2.43. The van der Waals surface area contributed by atoms with Crippen molar-refractivity contribution in [2.24, 2.45) is 0 Å². The molecule has 0 saturated carbocycles. The lowest BCUT2D eigenvalue weighted by atomic mass is 10.1. The van der Waals surface area contributed by atoms with Gasteiger partial charge in [-0.1, -0.05) is 55.8 Å². The van der Waals surface area contributed by atoms with E-state index in [2.05, 4.69) is 35.8 Å². The third kappa shape index (κ3) is 6.88. The number of para-hydroxylation sites is 1. The average molecular weight is 558 g/mol. The molecule has 3 aromatic carbocycles. The van der Waals surface area contributed by atoms with Crippen LogP contribution in [0.5, 0.6) is 5.75 Å². The van der Waals surface area contributed by atoms with Crippen molar-refractivity contribution >= 4 is 52.5 Å². The molecule has 1 aliphatic carbocycles. The number of carbonyl (C=O) groups is 2. The van der Waals surface area contributed by atoms with E-state index in [1.807, 2.05) is 83.8 Å². The maximum Gasteiger partial charge on any atom is 0.326 e. The molecule has 3 amide bonds. The number of allylic oxidation sites excluding steroid dienone is 2. The molecule has 6 nitrogen and oxygen atoms in total. The molecule has 2 N–H and O–H groups in total. The fraction of sp³-hybridized carbons (Fsp3) is 0.226.